The van der Waals surface area contributed by atoms with Crippen LogP contribution in [0.2, 0.25) is 0 Å². The van der Waals surface area contributed by atoms with Crippen LogP contribution in [0.3, 0.4) is 0 Å². The zero-order valence-electron chi connectivity index (χ0n) is 19.2. The van der Waals surface area contributed by atoms with Gasteiger partial charge in [0.2, 0.25) is 11.8 Å². The van der Waals surface area contributed by atoms with Gasteiger partial charge in [0.15, 0.2) is 0 Å². The molecule has 6 nitrogen and oxygen atoms in total. The van der Waals surface area contributed by atoms with Crippen molar-refractivity contribution < 1.29 is 45.8 Å². The van der Waals surface area contributed by atoms with E-state index in [1.165, 1.54) is 29.2 Å². The molecular weight excluding hydrogens is 526 g/mol. The van der Waals surface area contributed by atoms with Gasteiger partial charge in [0.25, 0.3) is 0 Å². The van der Waals surface area contributed by atoms with Crippen LogP contribution < -0.4 is 5.32 Å². The van der Waals surface area contributed by atoms with Crippen LogP contribution in [0.5, 0.6) is 0 Å². The molecule has 0 unspecified atom stereocenters. The zero-order chi connectivity index (χ0) is 27.2. The third-order valence-electron chi connectivity index (χ3n) is 5.18. The third-order valence-corrected chi connectivity index (χ3v) is 6.23. The van der Waals surface area contributed by atoms with E-state index in [4.69, 9.17) is 9.84 Å². The standard InChI is InChI=1S/C24H22F6N2O4S/c25-23(26,27)21-15(5-7-20(35)32-9-12-36-13-10-32)4-6-18(22(21)24(28,29)30)37-17-3-1-2-16(14-17)31-19(34)8-11-33/h1-7,14,33H,8-13H2,(H,31,34)/b7-5+. The van der Waals surface area contributed by atoms with E-state index in [9.17, 15) is 35.9 Å². The number of rotatable bonds is 7. The molecule has 2 amide bonds. The van der Waals surface area contributed by atoms with E-state index in [-0.39, 0.29) is 43.3 Å². The van der Waals surface area contributed by atoms with Gasteiger partial charge in [-0.25, -0.2) is 0 Å². The summed E-state index contributed by atoms with van der Waals surface area (Å²) in [6.07, 6.45) is -9.38. The average molecular weight is 549 g/mol. The largest absolute Gasteiger partial charge is 0.418 e. The Morgan fingerprint density at radius 1 is 1.03 bits per heavy atom. The van der Waals surface area contributed by atoms with Crippen LogP contribution in [-0.2, 0) is 26.7 Å². The Bertz CT molecular complexity index is 1160. The van der Waals surface area contributed by atoms with Crippen molar-refractivity contribution in [3.05, 3.63) is 59.2 Å². The van der Waals surface area contributed by atoms with E-state index >= 15 is 0 Å². The predicted octanol–water partition coefficient (Wildman–Crippen LogP) is 5.07. The Morgan fingerprint density at radius 2 is 1.70 bits per heavy atom. The summed E-state index contributed by atoms with van der Waals surface area (Å²) in [5, 5.41) is 11.3. The maximum atomic E-state index is 14.0. The molecule has 0 aliphatic carbocycles. The Hall–Kier alpha value is -3.03. The van der Waals surface area contributed by atoms with Gasteiger partial charge in [-0.1, -0.05) is 23.9 Å². The van der Waals surface area contributed by atoms with Crippen LogP contribution >= 0.6 is 11.8 Å². The molecule has 200 valence electrons. The van der Waals surface area contributed by atoms with Crippen LogP contribution in [0.1, 0.15) is 23.1 Å². The minimum atomic E-state index is -5.37. The van der Waals surface area contributed by atoms with Gasteiger partial charge in [-0.3, -0.25) is 9.59 Å². The molecule has 1 saturated heterocycles. The van der Waals surface area contributed by atoms with Gasteiger partial charge in [0.05, 0.1) is 37.4 Å². The van der Waals surface area contributed by atoms with E-state index in [2.05, 4.69) is 5.32 Å². The van der Waals surface area contributed by atoms with Gasteiger partial charge < -0.3 is 20.1 Å². The lowest BCUT2D eigenvalue weighted by Gasteiger charge is -2.25. The Balaban J connectivity index is 2.00. The van der Waals surface area contributed by atoms with Gasteiger partial charge in [-0.15, -0.1) is 0 Å². The van der Waals surface area contributed by atoms with Crippen molar-refractivity contribution >= 4 is 35.3 Å². The maximum Gasteiger partial charge on any atom is 0.418 e. The lowest BCUT2D eigenvalue weighted by molar-refractivity contribution is -0.163. The number of ether oxygens (including phenoxy) is 1. The van der Waals surface area contributed by atoms with Crippen LogP contribution in [0.25, 0.3) is 6.08 Å². The summed E-state index contributed by atoms with van der Waals surface area (Å²) in [5.41, 5.74) is -4.37. The van der Waals surface area contributed by atoms with Crippen LogP contribution in [-0.4, -0.2) is 54.7 Å². The van der Waals surface area contributed by atoms with E-state index < -0.39 is 52.4 Å². The van der Waals surface area contributed by atoms with Crippen molar-refractivity contribution in [3.63, 3.8) is 0 Å². The number of carbonyl (C=O) groups excluding carboxylic acids is 2. The topological polar surface area (TPSA) is 78.9 Å². The first kappa shape index (κ1) is 28.5. The number of anilines is 1. The molecular formula is C24H22F6N2O4S. The Labute approximate surface area is 212 Å². The molecule has 13 heteroatoms. The molecule has 2 aromatic rings. The first-order valence-corrected chi connectivity index (χ1v) is 11.8. The molecule has 3 rings (SSSR count). The van der Waals surface area contributed by atoms with Crippen molar-refractivity contribution in [2.75, 3.05) is 38.2 Å². The average Bonchev–Trinajstić information content (AvgIpc) is 2.82. The number of hydrogen-bond acceptors (Lipinski definition) is 5. The number of alkyl halides is 6. The van der Waals surface area contributed by atoms with Gasteiger partial charge >= 0.3 is 12.4 Å². The van der Waals surface area contributed by atoms with E-state index in [0.717, 1.165) is 24.3 Å². The summed E-state index contributed by atoms with van der Waals surface area (Å²) in [5.74, 6) is -1.17. The summed E-state index contributed by atoms with van der Waals surface area (Å²) >= 11 is 0.448. The second-order valence-corrected chi connectivity index (χ2v) is 8.94. The van der Waals surface area contributed by atoms with E-state index in [1.807, 2.05) is 0 Å². The van der Waals surface area contributed by atoms with E-state index in [1.54, 1.807) is 0 Å². The summed E-state index contributed by atoms with van der Waals surface area (Å²) in [4.78, 5) is 24.8. The second kappa shape index (κ2) is 12.0. The van der Waals surface area contributed by atoms with Crippen LogP contribution in [0, 0.1) is 0 Å². The van der Waals surface area contributed by atoms with Crippen molar-refractivity contribution in [3.8, 4) is 0 Å². The highest BCUT2D eigenvalue weighted by atomic mass is 32.2. The molecule has 0 spiro atoms. The molecule has 0 saturated carbocycles. The molecule has 1 fully saturated rings. The number of amides is 2. The first-order valence-electron chi connectivity index (χ1n) is 10.9. The SMILES string of the molecule is O=C(CCO)Nc1cccc(Sc2ccc(/C=C/C(=O)N3CCOCC3)c(C(F)(F)F)c2C(F)(F)F)c1. The summed E-state index contributed by atoms with van der Waals surface area (Å²) in [7, 11) is 0. The van der Waals surface area contributed by atoms with Crippen molar-refractivity contribution in [2.45, 2.75) is 28.6 Å². The van der Waals surface area contributed by atoms with E-state index in [0.29, 0.717) is 11.8 Å². The normalized spacial score (nSPS) is 14.7. The number of aliphatic hydroxyl groups is 1. The molecule has 0 atom stereocenters. The molecule has 2 aromatic carbocycles. The Morgan fingerprint density at radius 3 is 2.32 bits per heavy atom. The number of nitrogens with one attached hydrogen (secondary N) is 1. The summed E-state index contributed by atoms with van der Waals surface area (Å²) < 4.78 is 89.2. The minimum Gasteiger partial charge on any atom is -0.396 e. The monoisotopic (exact) mass is 548 g/mol. The molecule has 1 aliphatic heterocycles. The molecule has 1 aliphatic rings. The van der Waals surface area contributed by atoms with Gasteiger partial charge in [0, 0.05) is 34.6 Å². The molecule has 0 radical (unpaired) electrons. The number of morpholine rings is 1. The van der Waals surface area contributed by atoms with Gasteiger partial charge in [0.1, 0.15) is 0 Å². The summed E-state index contributed by atoms with van der Waals surface area (Å²) in [6, 6.07) is 7.36. The fraction of sp³-hybridized carbons (Fsp3) is 0.333. The molecule has 37 heavy (non-hydrogen) atoms. The number of aliphatic hydroxyl groups excluding tert-OH is 1. The van der Waals surface area contributed by atoms with Crippen molar-refractivity contribution in [2.24, 2.45) is 0 Å². The van der Waals surface area contributed by atoms with Gasteiger partial charge in [-0.05, 0) is 35.9 Å². The summed E-state index contributed by atoms with van der Waals surface area (Å²) in [6.45, 7) is 0.540. The number of carbonyl (C=O) groups is 2. The number of halogens is 6. The lowest BCUT2D eigenvalue weighted by atomic mass is 9.99. The Kier molecular flexibility index (Phi) is 9.26. The fourth-order valence-electron chi connectivity index (χ4n) is 3.55. The molecule has 0 aromatic heterocycles. The quantitative estimate of drug-likeness (QED) is 0.373. The molecule has 0 bridgehead atoms. The van der Waals surface area contributed by atoms with Crippen LogP contribution in [0.15, 0.2) is 52.3 Å². The van der Waals surface area contributed by atoms with Gasteiger partial charge in [-0.2, -0.15) is 26.3 Å². The maximum absolute atomic E-state index is 14.0. The number of hydrogen-bond donors (Lipinski definition) is 2. The predicted molar refractivity (Wildman–Crippen MR) is 124 cm³/mol. The molecule has 1 heterocycles. The highest BCUT2D eigenvalue weighted by Crippen LogP contribution is 2.48. The zero-order valence-corrected chi connectivity index (χ0v) is 20.0. The highest BCUT2D eigenvalue weighted by molar-refractivity contribution is 7.99. The minimum absolute atomic E-state index is 0.145. The smallest absolute Gasteiger partial charge is 0.396 e. The third kappa shape index (κ3) is 7.73. The highest BCUT2D eigenvalue weighted by Gasteiger charge is 2.46. The molecule has 2 N–H and O–H groups in total. The fourth-order valence-corrected chi connectivity index (χ4v) is 4.59. The number of benzene rings is 2. The van der Waals surface area contributed by atoms with Crippen molar-refractivity contribution in [1.82, 2.24) is 4.90 Å². The van der Waals surface area contributed by atoms with Crippen molar-refractivity contribution in [1.29, 1.82) is 0 Å². The second-order valence-electron chi connectivity index (χ2n) is 7.82. The number of nitrogens with zero attached hydrogens (tertiary/aromatic N) is 1. The lowest BCUT2D eigenvalue weighted by Crippen LogP contribution is -2.39. The first-order chi connectivity index (χ1) is 17.4. The van der Waals surface area contributed by atoms with Crippen LogP contribution in [0.4, 0.5) is 32.0 Å².